The van der Waals surface area contributed by atoms with Crippen LogP contribution in [-0.2, 0) is 16.0 Å². The summed E-state index contributed by atoms with van der Waals surface area (Å²) in [5, 5.41) is 5.61. The average molecular weight is 388 g/mol. The van der Waals surface area contributed by atoms with E-state index in [4.69, 9.17) is 9.15 Å². The van der Waals surface area contributed by atoms with Gasteiger partial charge in [-0.3, -0.25) is 9.59 Å². The zero-order valence-electron chi connectivity index (χ0n) is 16.2. The van der Waals surface area contributed by atoms with Crippen molar-refractivity contribution >= 4 is 23.1 Å². The molecule has 2 heterocycles. The second-order valence-corrected chi connectivity index (χ2v) is 6.84. The normalized spacial score (nSPS) is 16.1. The molecule has 1 amide bonds. The summed E-state index contributed by atoms with van der Waals surface area (Å²) in [7, 11) is 1.58. The molecule has 0 aliphatic carbocycles. The van der Waals surface area contributed by atoms with Crippen molar-refractivity contribution in [3.05, 3.63) is 72.5 Å². The third-order valence-corrected chi connectivity index (χ3v) is 4.88. The molecule has 0 saturated heterocycles. The van der Waals surface area contributed by atoms with Crippen LogP contribution in [0.4, 0.5) is 5.69 Å². The molecular formula is C23H20N2O4. The zero-order chi connectivity index (χ0) is 20.4. The van der Waals surface area contributed by atoms with Crippen LogP contribution in [0, 0.1) is 5.92 Å². The van der Waals surface area contributed by atoms with Gasteiger partial charge in [-0.2, -0.15) is 10.1 Å². The molecule has 0 fully saturated rings. The minimum absolute atomic E-state index is 0.147. The molecule has 1 aromatic heterocycles. The molecule has 2 aromatic carbocycles. The van der Waals surface area contributed by atoms with E-state index < -0.39 is 5.92 Å². The predicted molar refractivity (Wildman–Crippen MR) is 110 cm³/mol. The van der Waals surface area contributed by atoms with Gasteiger partial charge in [-0.15, -0.1) is 0 Å². The number of amides is 1. The van der Waals surface area contributed by atoms with Crippen molar-refractivity contribution in [2.24, 2.45) is 11.0 Å². The highest BCUT2D eigenvalue weighted by Crippen LogP contribution is 2.27. The van der Waals surface area contributed by atoms with E-state index in [-0.39, 0.29) is 18.1 Å². The minimum Gasteiger partial charge on any atom is -0.497 e. The van der Waals surface area contributed by atoms with E-state index in [2.05, 4.69) is 5.10 Å². The summed E-state index contributed by atoms with van der Waals surface area (Å²) < 4.78 is 10.6. The topological polar surface area (TPSA) is 72.1 Å². The number of ether oxygens (including phenoxy) is 1. The zero-order valence-corrected chi connectivity index (χ0v) is 16.2. The molecule has 4 rings (SSSR count). The van der Waals surface area contributed by atoms with E-state index in [0.29, 0.717) is 17.1 Å². The third kappa shape index (κ3) is 3.69. The van der Waals surface area contributed by atoms with Crippen LogP contribution in [0.15, 0.2) is 76.4 Å². The van der Waals surface area contributed by atoms with Gasteiger partial charge in [0.15, 0.2) is 5.78 Å². The highest BCUT2D eigenvalue weighted by atomic mass is 16.5. The van der Waals surface area contributed by atoms with Gasteiger partial charge in [-0.25, -0.2) is 0 Å². The van der Waals surface area contributed by atoms with Gasteiger partial charge in [0, 0.05) is 12.0 Å². The van der Waals surface area contributed by atoms with Crippen LogP contribution in [0.2, 0.25) is 0 Å². The molecule has 1 aliphatic rings. The van der Waals surface area contributed by atoms with Gasteiger partial charge in [0.25, 0.3) is 5.91 Å². The molecule has 3 aromatic rings. The lowest BCUT2D eigenvalue weighted by Gasteiger charge is -2.14. The molecule has 0 saturated carbocycles. The van der Waals surface area contributed by atoms with Gasteiger partial charge < -0.3 is 9.15 Å². The molecule has 1 aliphatic heterocycles. The summed E-state index contributed by atoms with van der Waals surface area (Å²) in [6.45, 7) is 1.71. The number of Topliss-reactive ketones (excluding diaryl/α,β-unsaturated/α-hetero) is 1. The highest BCUT2D eigenvalue weighted by Gasteiger charge is 2.39. The Balaban J connectivity index is 1.51. The number of benzene rings is 2. The Kier molecular flexibility index (Phi) is 4.99. The number of hydrogen-bond acceptors (Lipinski definition) is 5. The van der Waals surface area contributed by atoms with Crippen molar-refractivity contribution in [2.75, 3.05) is 12.1 Å². The first-order valence-corrected chi connectivity index (χ1v) is 9.25. The van der Waals surface area contributed by atoms with Crippen LogP contribution in [0.25, 0.3) is 11.3 Å². The van der Waals surface area contributed by atoms with Crippen LogP contribution in [0.1, 0.15) is 12.5 Å². The van der Waals surface area contributed by atoms with E-state index in [0.717, 1.165) is 16.9 Å². The number of hydrogen-bond donors (Lipinski definition) is 0. The number of furan rings is 1. The third-order valence-electron chi connectivity index (χ3n) is 4.88. The number of rotatable bonds is 6. The van der Waals surface area contributed by atoms with E-state index in [1.807, 2.05) is 36.4 Å². The standard InChI is InChI=1S/C23H20N2O4/c1-15-22(23(27)25(24-15)18-8-10-19(28-2)11-9-18)20(26)14-16-5-3-6-17(13-16)21-7-4-12-29-21/h3-13,22H,14H2,1-2H3. The van der Waals surface area contributed by atoms with Gasteiger partial charge in [-0.1, -0.05) is 18.2 Å². The summed E-state index contributed by atoms with van der Waals surface area (Å²) in [6.07, 6.45) is 1.76. The van der Waals surface area contributed by atoms with Crippen LogP contribution < -0.4 is 9.75 Å². The molecular weight excluding hydrogens is 368 g/mol. The number of nitrogens with zero attached hydrogens (tertiary/aromatic N) is 2. The molecule has 0 radical (unpaired) electrons. The molecule has 1 unspecified atom stereocenters. The minimum atomic E-state index is -0.871. The van der Waals surface area contributed by atoms with Crippen molar-refractivity contribution < 1.29 is 18.7 Å². The maximum atomic E-state index is 12.9. The first kappa shape index (κ1) is 18.7. The Morgan fingerprint density at radius 2 is 1.93 bits per heavy atom. The maximum absolute atomic E-state index is 12.9. The number of anilines is 1. The van der Waals surface area contributed by atoms with E-state index in [1.54, 1.807) is 44.6 Å². The fourth-order valence-corrected chi connectivity index (χ4v) is 3.43. The average Bonchev–Trinajstić information content (AvgIpc) is 3.36. The smallest absolute Gasteiger partial charge is 0.263 e. The Labute approximate surface area is 168 Å². The molecule has 6 nitrogen and oxygen atoms in total. The number of ketones is 1. The molecule has 29 heavy (non-hydrogen) atoms. The van der Waals surface area contributed by atoms with E-state index in [9.17, 15) is 9.59 Å². The number of methoxy groups -OCH3 is 1. The van der Waals surface area contributed by atoms with Gasteiger partial charge in [-0.05, 0) is 55.0 Å². The lowest BCUT2D eigenvalue weighted by atomic mass is 9.93. The second-order valence-electron chi connectivity index (χ2n) is 6.84. The lowest BCUT2D eigenvalue weighted by Crippen LogP contribution is -2.33. The fourth-order valence-electron chi connectivity index (χ4n) is 3.43. The van der Waals surface area contributed by atoms with Crippen LogP contribution in [-0.4, -0.2) is 24.5 Å². The van der Waals surface area contributed by atoms with Crippen LogP contribution in [0.5, 0.6) is 5.75 Å². The number of carbonyl (C=O) groups is 2. The van der Waals surface area contributed by atoms with Crippen molar-refractivity contribution in [1.29, 1.82) is 0 Å². The van der Waals surface area contributed by atoms with E-state index >= 15 is 0 Å². The Bertz CT molecular complexity index is 1070. The summed E-state index contributed by atoms with van der Waals surface area (Å²) in [4.78, 5) is 25.8. The fraction of sp³-hybridized carbons (Fsp3) is 0.174. The highest BCUT2D eigenvalue weighted by molar-refractivity contribution is 6.27. The summed E-state index contributed by atoms with van der Waals surface area (Å²) >= 11 is 0. The Hall–Kier alpha value is -3.67. The SMILES string of the molecule is COc1ccc(N2N=C(C)C(C(=O)Cc3cccc(-c4ccco4)c3)C2=O)cc1. The van der Waals surface area contributed by atoms with Crippen molar-refractivity contribution in [3.63, 3.8) is 0 Å². The largest absolute Gasteiger partial charge is 0.497 e. The Morgan fingerprint density at radius 1 is 1.14 bits per heavy atom. The molecule has 0 N–H and O–H groups in total. The number of hydrazone groups is 1. The predicted octanol–water partition coefficient (Wildman–Crippen LogP) is 4.11. The van der Waals surface area contributed by atoms with Gasteiger partial charge >= 0.3 is 0 Å². The second kappa shape index (κ2) is 7.75. The molecule has 146 valence electrons. The van der Waals surface area contributed by atoms with Crippen molar-refractivity contribution in [2.45, 2.75) is 13.3 Å². The Morgan fingerprint density at radius 3 is 2.62 bits per heavy atom. The van der Waals surface area contributed by atoms with Crippen molar-refractivity contribution in [1.82, 2.24) is 0 Å². The number of carbonyl (C=O) groups excluding carboxylic acids is 2. The van der Waals surface area contributed by atoms with Gasteiger partial charge in [0.2, 0.25) is 0 Å². The van der Waals surface area contributed by atoms with Crippen LogP contribution >= 0.6 is 0 Å². The monoisotopic (exact) mass is 388 g/mol. The van der Waals surface area contributed by atoms with E-state index in [1.165, 1.54) is 5.01 Å². The lowest BCUT2D eigenvalue weighted by molar-refractivity contribution is -0.128. The molecule has 0 bridgehead atoms. The first-order valence-electron chi connectivity index (χ1n) is 9.25. The van der Waals surface area contributed by atoms with Crippen molar-refractivity contribution in [3.8, 4) is 17.1 Å². The summed E-state index contributed by atoms with van der Waals surface area (Å²) in [5.41, 5.74) is 2.82. The summed E-state index contributed by atoms with van der Waals surface area (Å²) in [5.74, 6) is 0.0397. The van der Waals surface area contributed by atoms with Gasteiger partial charge in [0.05, 0.1) is 24.8 Å². The molecule has 0 spiro atoms. The molecule has 6 heteroatoms. The summed E-state index contributed by atoms with van der Waals surface area (Å²) in [6, 6.07) is 18.3. The first-order chi connectivity index (χ1) is 14.1. The quantitative estimate of drug-likeness (QED) is 0.596. The van der Waals surface area contributed by atoms with Gasteiger partial charge in [0.1, 0.15) is 17.4 Å². The van der Waals surface area contributed by atoms with Crippen LogP contribution in [0.3, 0.4) is 0 Å². The molecule has 1 atom stereocenters. The maximum Gasteiger partial charge on any atom is 0.263 e.